The van der Waals surface area contributed by atoms with Gasteiger partial charge in [-0.15, -0.1) is 0 Å². The van der Waals surface area contributed by atoms with Gasteiger partial charge in [0.1, 0.15) is 5.15 Å². The fraction of sp³-hybridized carbons (Fsp3) is 0.273. The molecule has 0 bridgehead atoms. The molecule has 0 saturated carbocycles. The fourth-order valence-electron chi connectivity index (χ4n) is 1.16. The van der Waals surface area contributed by atoms with Crippen molar-refractivity contribution in [2.75, 3.05) is 6.54 Å². The van der Waals surface area contributed by atoms with Crippen LogP contribution in [0.5, 0.6) is 0 Å². The summed E-state index contributed by atoms with van der Waals surface area (Å²) in [6.45, 7) is -0.186. The monoisotopic (exact) mass is 254 g/mol. The summed E-state index contributed by atoms with van der Waals surface area (Å²) >= 11 is 5.67. The summed E-state index contributed by atoms with van der Waals surface area (Å²) in [7, 11) is 0. The zero-order valence-electron chi connectivity index (χ0n) is 9.01. The van der Waals surface area contributed by atoms with Gasteiger partial charge in [-0.05, 0) is 24.3 Å². The van der Waals surface area contributed by atoms with E-state index in [1.54, 1.807) is 24.3 Å². The lowest BCUT2D eigenvalue weighted by molar-refractivity contribution is -0.480. The van der Waals surface area contributed by atoms with Gasteiger partial charge in [0.25, 0.3) is 0 Å². The zero-order chi connectivity index (χ0) is 12.7. The van der Waals surface area contributed by atoms with E-state index in [-0.39, 0.29) is 25.2 Å². The highest BCUT2D eigenvalue weighted by Gasteiger charge is 2.01. The number of carbonyl (C=O) groups excluding carboxylic acids is 1. The maximum Gasteiger partial charge on any atom is 0.204 e. The lowest BCUT2D eigenvalue weighted by atomic mass is 10.2. The molecule has 0 N–H and O–H groups in total. The van der Waals surface area contributed by atoms with E-state index in [0.717, 1.165) is 0 Å². The Morgan fingerprint density at radius 2 is 2.29 bits per heavy atom. The van der Waals surface area contributed by atoms with Gasteiger partial charge < -0.3 is 0 Å². The van der Waals surface area contributed by atoms with Crippen LogP contribution in [0, 0.1) is 10.1 Å². The Bertz CT molecular complexity index is 446. The number of aromatic nitrogens is 1. The molecule has 5 nitrogen and oxygen atoms in total. The largest absolute Gasteiger partial charge is 0.295 e. The second-order valence-corrected chi connectivity index (χ2v) is 3.73. The van der Waals surface area contributed by atoms with Crippen LogP contribution in [0.15, 0.2) is 24.3 Å². The summed E-state index contributed by atoms with van der Waals surface area (Å²) < 4.78 is 0. The van der Waals surface area contributed by atoms with E-state index in [1.807, 2.05) is 0 Å². The number of hydrogen-bond acceptors (Lipinski definition) is 4. The average molecular weight is 255 g/mol. The van der Waals surface area contributed by atoms with Crippen LogP contribution in [-0.4, -0.2) is 22.2 Å². The van der Waals surface area contributed by atoms with Crippen molar-refractivity contribution in [3.63, 3.8) is 0 Å². The van der Waals surface area contributed by atoms with Crippen LogP contribution in [0.25, 0.3) is 6.08 Å². The molecule has 0 amide bonds. The second kappa shape index (κ2) is 6.75. The Kier molecular flexibility index (Phi) is 5.29. The Labute approximate surface area is 103 Å². The first-order valence-corrected chi connectivity index (χ1v) is 5.41. The van der Waals surface area contributed by atoms with Crippen molar-refractivity contribution < 1.29 is 9.72 Å². The van der Waals surface area contributed by atoms with E-state index >= 15 is 0 Å². The molecule has 0 unspecified atom stereocenters. The third-order valence-corrected chi connectivity index (χ3v) is 2.15. The minimum Gasteiger partial charge on any atom is -0.295 e. The number of nitro groups is 1. The molecule has 1 rings (SSSR count). The van der Waals surface area contributed by atoms with Crippen molar-refractivity contribution in [3.05, 3.63) is 45.2 Å². The van der Waals surface area contributed by atoms with Crippen LogP contribution in [0.4, 0.5) is 0 Å². The standard InChI is InChI=1S/C11H11ClN2O3/c12-11-5-1-3-9(13-11)6-7-10(15)4-2-8-14(16)17/h1,3,5-7H,2,4,8H2/b7-6+. The summed E-state index contributed by atoms with van der Waals surface area (Å²) in [4.78, 5) is 24.9. The number of carbonyl (C=O) groups is 1. The molecule has 1 aromatic heterocycles. The first-order valence-electron chi connectivity index (χ1n) is 5.03. The highest BCUT2D eigenvalue weighted by molar-refractivity contribution is 6.29. The molecule has 0 fully saturated rings. The van der Waals surface area contributed by atoms with Crippen LogP contribution in [-0.2, 0) is 4.79 Å². The molecule has 1 heterocycles. The first-order chi connectivity index (χ1) is 8.08. The zero-order valence-corrected chi connectivity index (χ0v) is 9.76. The number of nitrogens with zero attached hydrogens (tertiary/aromatic N) is 2. The van der Waals surface area contributed by atoms with Gasteiger partial charge in [0.2, 0.25) is 6.54 Å². The van der Waals surface area contributed by atoms with Crippen molar-refractivity contribution in [2.24, 2.45) is 0 Å². The van der Waals surface area contributed by atoms with E-state index in [4.69, 9.17) is 11.6 Å². The minimum atomic E-state index is -0.435. The van der Waals surface area contributed by atoms with Crippen LogP contribution in [0.2, 0.25) is 5.15 Å². The third kappa shape index (κ3) is 5.77. The Hall–Kier alpha value is -1.75. The molecule has 0 aliphatic heterocycles. The van der Waals surface area contributed by atoms with Gasteiger partial charge in [-0.25, -0.2) is 4.98 Å². The van der Waals surface area contributed by atoms with Crippen LogP contribution in [0.1, 0.15) is 18.5 Å². The lowest BCUT2D eigenvalue weighted by Crippen LogP contribution is -2.03. The van der Waals surface area contributed by atoms with Crippen molar-refractivity contribution in [1.29, 1.82) is 0 Å². The molecule has 0 atom stereocenters. The molecular formula is C11H11ClN2O3. The summed E-state index contributed by atoms with van der Waals surface area (Å²) in [6.07, 6.45) is 3.32. The van der Waals surface area contributed by atoms with Gasteiger partial charge in [0.05, 0.1) is 5.69 Å². The molecule has 6 heteroatoms. The van der Waals surface area contributed by atoms with Gasteiger partial charge in [-0.2, -0.15) is 0 Å². The van der Waals surface area contributed by atoms with Crippen molar-refractivity contribution in [2.45, 2.75) is 12.8 Å². The minimum absolute atomic E-state index is 0.159. The molecule has 0 saturated heterocycles. The molecule has 0 spiro atoms. The molecule has 1 aromatic rings. The average Bonchev–Trinajstić information content (AvgIpc) is 2.26. The van der Waals surface area contributed by atoms with E-state index in [1.165, 1.54) is 6.08 Å². The lowest BCUT2D eigenvalue weighted by Gasteiger charge is -1.94. The molecular weight excluding hydrogens is 244 g/mol. The maximum absolute atomic E-state index is 11.3. The number of hydrogen-bond donors (Lipinski definition) is 0. The summed E-state index contributed by atoms with van der Waals surface area (Å²) in [5, 5.41) is 10.4. The summed E-state index contributed by atoms with van der Waals surface area (Å²) in [5.74, 6) is -0.159. The Morgan fingerprint density at radius 1 is 1.53 bits per heavy atom. The number of ketones is 1. The maximum atomic E-state index is 11.3. The molecule has 90 valence electrons. The fourth-order valence-corrected chi connectivity index (χ4v) is 1.33. The predicted molar refractivity (Wildman–Crippen MR) is 64.4 cm³/mol. The smallest absolute Gasteiger partial charge is 0.204 e. The molecule has 0 radical (unpaired) electrons. The Morgan fingerprint density at radius 3 is 2.94 bits per heavy atom. The third-order valence-electron chi connectivity index (χ3n) is 1.94. The first kappa shape index (κ1) is 13.3. The van der Waals surface area contributed by atoms with Crippen molar-refractivity contribution >= 4 is 23.5 Å². The van der Waals surface area contributed by atoms with Gasteiger partial charge in [-0.1, -0.05) is 17.7 Å². The van der Waals surface area contributed by atoms with E-state index < -0.39 is 4.92 Å². The summed E-state index contributed by atoms with van der Waals surface area (Å²) in [6, 6.07) is 5.08. The highest BCUT2D eigenvalue weighted by atomic mass is 35.5. The molecule has 0 aliphatic carbocycles. The normalized spacial score (nSPS) is 10.6. The van der Waals surface area contributed by atoms with Gasteiger partial charge >= 0.3 is 0 Å². The number of pyridine rings is 1. The molecule has 0 aromatic carbocycles. The van der Waals surface area contributed by atoms with Gasteiger partial charge in [0.15, 0.2) is 5.78 Å². The number of rotatable bonds is 6. The predicted octanol–water partition coefficient (Wildman–Crippen LogP) is 2.37. The van der Waals surface area contributed by atoms with Crippen LogP contribution < -0.4 is 0 Å². The van der Waals surface area contributed by atoms with E-state index in [2.05, 4.69) is 4.98 Å². The van der Waals surface area contributed by atoms with Crippen molar-refractivity contribution in [3.8, 4) is 0 Å². The van der Waals surface area contributed by atoms with E-state index in [9.17, 15) is 14.9 Å². The topological polar surface area (TPSA) is 73.1 Å². The van der Waals surface area contributed by atoms with Crippen LogP contribution in [0.3, 0.4) is 0 Å². The van der Waals surface area contributed by atoms with Crippen LogP contribution >= 0.6 is 11.6 Å². The second-order valence-electron chi connectivity index (χ2n) is 3.34. The molecule has 17 heavy (non-hydrogen) atoms. The highest BCUT2D eigenvalue weighted by Crippen LogP contribution is 2.06. The quantitative estimate of drug-likeness (QED) is 0.338. The van der Waals surface area contributed by atoms with E-state index in [0.29, 0.717) is 10.8 Å². The Balaban J connectivity index is 2.43. The van der Waals surface area contributed by atoms with Crippen molar-refractivity contribution in [1.82, 2.24) is 4.98 Å². The molecule has 0 aliphatic rings. The summed E-state index contributed by atoms with van der Waals surface area (Å²) in [5.41, 5.74) is 0.583. The van der Waals surface area contributed by atoms with Gasteiger partial charge in [-0.3, -0.25) is 14.9 Å². The number of halogens is 1. The van der Waals surface area contributed by atoms with Gasteiger partial charge in [0, 0.05) is 17.8 Å². The SMILES string of the molecule is O=C(/C=C/c1cccc(Cl)n1)CCC[N+](=O)[O-]. The number of allylic oxidation sites excluding steroid dienone is 1.